The van der Waals surface area contributed by atoms with E-state index >= 15 is 0 Å². The molecule has 190 valence electrons. The van der Waals surface area contributed by atoms with Crippen molar-refractivity contribution in [3.05, 3.63) is 65.7 Å². The van der Waals surface area contributed by atoms with Crippen LogP contribution < -0.4 is 4.74 Å². The number of unbranched alkanes of at least 4 members (excludes halogenated alkanes) is 4. The van der Waals surface area contributed by atoms with Gasteiger partial charge in [-0.25, -0.2) is 4.79 Å². The van der Waals surface area contributed by atoms with E-state index in [0.717, 1.165) is 37.0 Å². The molecule has 5 nitrogen and oxygen atoms in total. The lowest BCUT2D eigenvalue weighted by Crippen LogP contribution is -2.48. The summed E-state index contributed by atoms with van der Waals surface area (Å²) < 4.78 is 12.1. The van der Waals surface area contributed by atoms with E-state index in [-0.39, 0.29) is 11.9 Å². The van der Waals surface area contributed by atoms with Gasteiger partial charge >= 0.3 is 5.97 Å². The highest BCUT2D eigenvalue weighted by molar-refractivity contribution is 5.83. The number of nitrogens with zero attached hydrogens (tertiary/aromatic N) is 1. The fourth-order valence-electron chi connectivity index (χ4n) is 4.71. The van der Waals surface area contributed by atoms with Crippen molar-refractivity contribution in [3.63, 3.8) is 0 Å². The van der Waals surface area contributed by atoms with E-state index < -0.39 is 12.1 Å². The second kappa shape index (κ2) is 14.6. The fraction of sp³-hybridized carbons (Fsp3) is 0.533. The number of aryl methyl sites for hydroxylation is 1. The summed E-state index contributed by atoms with van der Waals surface area (Å²) in [4.78, 5) is 27.0. The number of piperidine rings is 1. The zero-order valence-electron chi connectivity index (χ0n) is 21.4. The Morgan fingerprint density at radius 2 is 1.80 bits per heavy atom. The first-order valence-corrected chi connectivity index (χ1v) is 13.3. The lowest BCUT2D eigenvalue weighted by atomic mass is 9.99. The summed E-state index contributed by atoms with van der Waals surface area (Å²) in [7, 11) is 0. The van der Waals surface area contributed by atoms with E-state index in [2.05, 4.69) is 19.1 Å². The Labute approximate surface area is 210 Å². The van der Waals surface area contributed by atoms with Crippen molar-refractivity contribution in [2.45, 2.75) is 90.2 Å². The lowest BCUT2D eigenvalue weighted by Gasteiger charge is -2.34. The molecule has 0 aliphatic carbocycles. The molecule has 1 fully saturated rings. The van der Waals surface area contributed by atoms with Gasteiger partial charge in [0.15, 0.2) is 0 Å². The summed E-state index contributed by atoms with van der Waals surface area (Å²) >= 11 is 0. The lowest BCUT2D eigenvalue weighted by molar-refractivity contribution is -0.161. The molecule has 1 aliphatic rings. The highest BCUT2D eigenvalue weighted by Crippen LogP contribution is 2.29. The number of hydrogen-bond acceptors (Lipinski definition) is 4. The first-order valence-electron chi connectivity index (χ1n) is 13.3. The molecule has 0 spiro atoms. The first-order chi connectivity index (χ1) is 17.1. The van der Waals surface area contributed by atoms with Crippen molar-refractivity contribution in [3.8, 4) is 5.75 Å². The number of ether oxygens (including phenoxy) is 2. The number of likely N-dealkylation sites (tertiary alicyclic amines) is 1. The molecule has 1 saturated heterocycles. The van der Waals surface area contributed by atoms with Crippen molar-refractivity contribution in [1.29, 1.82) is 0 Å². The molecule has 0 bridgehead atoms. The van der Waals surface area contributed by atoms with E-state index in [1.165, 1.54) is 38.2 Å². The molecule has 0 saturated carbocycles. The molecule has 0 N–H and O–H groups in total. The maximum atomic E-state index is 13.2. The van der Waals surface area contributed by atoms with Crippen LogP contribution in [0.5, 0.6) is 5.75 Å². The molecule has 2 atom stereocenters. The molecule has 1 heterocycles. The van der Waals surface area contributed by atoms with Crippen LogP contribution in [0.1, 0.15) is 88.9 Å². The summed E-state index contributed by atoms with van der Waals surface area (Å²) in [6.07, 6.45) is 9.55. The van der Waals surface area contributed by atoms with Crippen molar-refractivity contribution >= 4 is 11.9 Å². The van der Waals surface area contributed by atoms with Gasteiger partial charge in [-0.15, -0.1) is 0 Å². The Kier molecular flexibility index (Phi) is 11.1. The topological polar surface area (TPSA) is 55.8 Å². The van der Waals surface area contributed by atoms with Gasteiger partial charge in [0.1, 0.15) is 17.9 Å². The second-order valence-electron chi connectivity index (χ2n) is 9.51. The minimum atomic E-state index is -0.497. The number of esters is 1. The minimum absolute atomic E-state index is 0.0678. The number of hydrogen-bond donors (Lipinski definition) is 0. The highest BCUT2D eigenvalue weighted by atomic mass is 16.5. The van der Waals surface area contributed by atoms with Crippen LogP contribution in [0.25, 0.3) is 0 Å². The summed E-state index contributed by atoms with van der Waals surface area (Å²) in [5, 5.41) is 0. The molecule has 1 aliphatic heterocycles. The van der Waals surface area contributed by atoms with Crippen LogP contribution in [0.4, 0.5) is 0 Å². The Balaban J connectivity index is 1.69. The predicted octanol–water partition coefficient (Wildman–Crippen LogP) is 6.65. The standard InChI is InChI=1S/C30H41NO4/c1-3-4-5-6-12-22-34-27-17-13-16-26(23-27)29(20-19-25-14-8-7-9-15-25)35-30(33)28-18-10-11-21-31(28)24(2)32/h7-9,13-17,23,28-29H,3-6,10-12,18-22H2,1-2H3/t28?,29-/m1/s1. The quantitative estimate of drug-likeness (QED) is 0.238. The minimum Gasteiger partial charge on any atom is -0.494 e. The second-order valence-corrected chi connectivity index (χ2v) is 9.51. The van der Waals surface area contributed by atoms with Crippen LogP contribution in [0.2, 0.25) is 0 Å². The van der Waals surface area contributed by atoms with Crippen LogP contribution in [0, 0.1) is 0 Å². The van der Waals surface area contributed by atoms with Crippen molar-refractivity contribution in [2.24, 2.45) is 0 Å². The third-order valence-corrected chi connectivity index (χ3v) is 6.72. The van der Waals surface area contributed by atoms with E-state index in [1.807, 2.05) is 42.5 Å². The number of amides is 1. The largest absolute Gasteiger partial charge is 0.494 e. The highest BCUT2D eigenvalue weighted by Gasteiger charge is 2.33. The van der Waals surface area contributed by atoms with Crippen molar-refractivity contribution in [1.82, 2.24) is 4.90 Å². The molecule has 2 aromatic carbocycles. The van der Waals surface area contributed by atoms with E-state index in [0.29, 0.717) is 26.0 Å². The van der Waals surface area contributed by atoms with Gasteiger partial charge in [-0.3, -0.25) is 4.79 Å². The predicted molar refractivity (Wildman–Crippen MR) is 139 cm³/mol. The Morgan fingerprint density at radius 3 is 2.57 bits per heavy atom. The molecule has 0 radical (unpaired) electrons. The SMILES string of the molecule is CCCCCCCOc1cccc([C@@H](CCc2ccccc2)OC(=O)C2CCCCN2C(C)=O)c1. The summed E-state index contributed by atoms with van der Waals surface area (Å²) in [6.45, 7) is 5.05. The Bertz CT molecular complexity index is 914. The van der Waals surface area contributed by atoms with Gasteiger partial charge in [0.25, 0.3) is 0 Å². The van der Waals surface area contributed by atoms with Gasteiger partial charge in [-0.2, -0.15) is 0 Å². The van der Waals surface area contributed by atoms with Gasteiger partial charge in [0.2, 0.25) is 5.91 Å². The van der Waals surface area contributed by atoms with Crippen molar-refractivity contribution < 1.29 is 19.1 Å². The zero-order chi connectivity index (χ0) is 24.9. The number of benzene rings is 2. The third kappa shape index (κ3) is 8.72. The molecule has 5 heteroatoms. The zero-order valence-corrected chi connectivity index (χ0v) is 21.4. The molecular formula is C30H41NO4. The van der Waals surface area contributed by atoms with Crippen LogP contribution in [0.3, 0.4) is 0 Å². The average Bonchev–Trinajstić information content (AvgIpc) is 2.89. The van der Waals surface area contributed by atoms with E-state index in [1.54, 1.807) is 4.90 Å². The summed E-state index contributed by atoms with van der Waals surface area (Å²) in [6, 6.07) is 17.7. The van der Waals surface area contributed by atoms with E-state index in [4.69, 9.17) is 9.47 Å². The van der Waals surface area contributed by atoms with Gasteiger partial charge in [-0.05, 0) is 61.8 Å². The number of carbonyl (C=O) groups is 2. The molecule has 1 amide bonds. The van der Waals surface area contributed by atoms with Crippen LogP contribution in [-0.4, -0.2) is 36.0 Å². The van der Waals surface area contributed by atoms with Gasteiger partial charge in [0.05, 0.1) is 6.61 Å². The monoisotopic (exact) mass is 479 g/mol. The van der Waals surface area contributed by atoms with Crippen LogP contribution in [0.15, 0.2) is 54.6 Å². The molecule has 1 unspecified atom stereocenters. The van der Waals surface area contributed by atoms with Gasteiger partial charge < -0.3 is 14.4 Å². The summed E-state index contributed by atoms with van der Waals surface area (Å²) in [5.74, 6) is 0.434. The average molecular weight is 480 g/mol. The summed E-state index contributed by atoms with van der Waals surface area (Å²) in [5.41, 5.74) is 2.14. The fourth-order valence-corrected chi connectivity index (χ4v) is 4.71. The third-order valence-electron chi connectivity index (χ3n) is 6.72. The number of rotatable bonds is 13. The van der Waals surface area contributed by atoms with Crippen LogP contribution in [-0.2, 0) is 20.7 Å². The maximum absolute atomic E-state index is 13.2. The molecular weight excluding hydrogens is 438 g/mol. The normalized spacial score (nSPS) is 16.5. The van der Waals surface area contributed by atoms with Gasteiger partial charge in [0, 0.05) is 13.5 Å². The Hall–Kier alpha value is -2.82. The van der Waals surface area contributed by atoms with Crippen LogP contribution >= 0.6 is 0 Å². The molecule has 35 heavy (non-hydrogen) atoms. The van der Waals surface area contributed by atoms with E-state index in [9.17, 15) is 9.59 Å². The maximum Gasteiger partial charge on any atom is 0.329 e. The molecule has 0 aromatic heterocycles. The number of carbonyl (C=O) groups excluding carboxylic acids is 2. The molecule has 3 rings (SSSR count). The van der Waals surface area contributed by atoms with Gasteiger partial charge in [-0.1, -0.05) is 75.1 Å². The molecule has 2 aromatic rings. The Morgan fingerprint density at radius 1 is 1.00 bits per heavy atom. The smallest absolute Gasteiger partial charge is 0.329 e. The first kappa shape index (κ1) is 26.8. The van der Waals surface area contributed by atoms with Crippen molar-refractivity contribution in [2.75, 3.05) is 13.2 Å².